The quantitative estimate of drug-likeness (QED) is 0.147. The maximum atomic E-state index is 13.8. The summed E-state index contributed by atoms with van der Waals surface area (Å²) in [6, 6.07) is 19.1. The molecule has 8 aromatic rings. The van der Waals surface area contributed by atoms with E-state index in [9.17, 15) is 38.2 Å². The predicted octanol–water partition coefficient (Wildman–Crippen LogP) is 5.80. The van der Waals surface area contributed by atoms with Gasteiger partial charge in [-0.15, -0.1) is 0 Å². The van der Waals surface area contributed by atoms with Crippen LogP contribution >= 0.6 is 0 Å². The monoisotopic (exact) mass is 926 g/mol. The van der Waals surface area contributed by atoms with Gasteiger partial charge in [0.25, 0.3) is 0 Å². The van der Waals surface area contributed by atoms with Gasteiger partial charge in [0.05, 0.1) is 17.9 Å². The summed E-state index contributed by atoms with van der Waals surface area (Å²) in [5.41, 5.74) is -0.325. The number of ether oxygens (including phenoxy) is 4. The Bertz CT molecular complexity index is 3290. The first-order valence-corrected chi connectivity index (χ1v) is 19.0. The normalized spacial score (nSPS) is 11.2. The molecule has 20 heteroatoms. The van der Waals surface area contributed by atoms with Crippen LogP contribution < -0.4 is 40.7 Å². The first-order chi connectivity index (χ1) is 31.6. The molecule has 348 valence electrons. The fourth-order valence-electron chi connectivity index (χ4n) is 6.13. The van der Waals surface area contributed by atoms with Crippen molar-refractivity contribution in [2.45, 2.75) is 33.5 Å². The van der Waals surface area contributed by atoms with Crippen molar-refractivity contribution in [3.8, 4) is 23.0 Å². The van der Waals surface area contributed by atoms with Gasteiger partial charge in [0.1, 0.15) is 123 Å². The van der Waals surface area contributed by atoms with Crippen molar-refractivity contribution in [3.05, 3.63) is 162 Å². The van der Waals surface area contributed by atoms with Gasteiger partial charge in [0.15, 0.2) is 21.7 Å². The Morgan fingerprint density at radius 1 is 0.522 bits per heavy atom. The summed E-state index contributed by atoms with van der Waals surface area (Å²) in [4.78, 5) is 80.9. The summed E-state index contributed by atoms with van der Waals surface area (Å²) >= 11 is 0. The zero-order chi connectivity index (χ0) is 47.9. The highest BCUT2D eigenvalue weighted by Crippen LogP contribution is 2.27. The van der Waals surface area contributed by atoms with E-state index in [-0.39, 0.29) is 107 Å². The summed E-state index contributed by atoms with van der Waals surface area (Å²) in [6.45, 7) is 2.49. The van der Waals surface area contributed by atoms with Gasteiger partial charge < -0.3 is 46.8 Å². The summed E-state index contributed by atoms with van der Waals surface area (Å²) < 4.78 is 70.8. The molecule has 2 atom stereocenters. The van der Waals surface area contributed by atoms with Crippen molar-refractivity contribution in [3.63, 3.8) is 0 Å². The molecule has 8 rings (SSSR count). The second-order valence-electron chi connectivity index (χ2n) is 13.6. The average Bonchev–Trinajstić information content (AvgIpc) is 3.26. The van der Waals surface area contributed by atoms with E-state index in [2.05, 4.69) is 0 Å². The van der Waals surface area contributed by atoms with Crippen molar-refractivity contribution in [2.75, 3.05) is 26.4 Å². The smallest absolute Gasteiger partial charge is 0.373 e. The molecule has 0 spiro atoms. The first kappa shape index (κ1) is 51.1. The molecule has 0 saturated heterocycles. The molecule has 0 bridgehead atoms. The SMILES string of the molecule is C.Cc1cc(=O)c2c(OCC(O)COc3cc([18F])cc4occc(=O)c34)cccc2o1.Cc1cc(=O)c2cc(OCC(O)COc3cc([18F])cc4occc(=O)c34)ccc2o1.O=C=O.O=C=O. The van der Waals surface area contributed by atoms with Crippen LogP contribution in [0.2, 0.25) is 0 Å². The molecular formula is C47H38F2O18. The molecule has 4 heterocycles. The lowest BCUT2D eigenvalue weighted by atomic mass is 10.2. The Morgan fingerprint density at radius 2 is 0.970 bits per heavy atom. The van der Waals surface area contributed by atoms with Crippen molar-refractivity contribution < 1.29 is 74.8 Å². The molecule has 67 heavy (non-hydrogen) atoms. The van der Waals surface area contributed by atoms with Gasteiger partial charge in [0, 0.05) is 48.5 Å². The van der Waals surface area contributed by atoms with Crippen LogP contribution in [-0.4, -0.2) is 61.2 Å². The Kier molecular flexibility index (Phi) is 18.3. The van der Waals surface area contributed by atoms with Crippen LogP contribution in [0.5, 0.6) is 23.0 Å². The fourth-order valence-corrected chi connectivity index (χ4v) is 6.13. The number of aliphatic hydroxyl groups is 2. The number of rotatable bonds is 12. The van der Waals surface area contributed by atoms with Gasteiger partial charge in [-0.1, -0.05) is 13.5 Å². The minimum Gasteiger partial charge on any atom is -0.491 e. The number of benzene rings is 4. The molecule has 0 fully saturated rings. The fraction of sp³-hybridized carbons (Fsp3) is 0.191. The minimum absolute atomic E-state index is 0. The summed E-state index contributed by atoms with van der Waals surface area (Å²) in [7, 11) is 0. The summed E-state index contributed by atoms with van der Waals surface area (Å²) in [5.74, 6) is 0.263. The molecule has 0 radical (unpaired) electrons. The molecule has 4 aromatic heterocycles. The van der Waals surface area contributed by atoms with E-state index in [0.717, 1.165) is 24.3 Å². The molecule has 2 unspecified atom stereocenters. The van der Waals surface area contributed by atoms with E-state index in [1.165, 1.54) is 42.9 Å². The molecule has 0 amide bonds. The van der Waals surface area contributed by atoms with E-state index in [1.54, 1.807) is 44.2 Å². The van der Waals surface area contributed by atoms with E-state index < -0.39 is 29.3 Å². The molecule has 0 aliphatic carbocycles. The maximum Gasteiger partial charge on any atom is 0.373 e. The number of hydrogen-bond donors (Lipinski definition) is 2. The Labute approximate surface area is 374 Å². The third-order valence-electron chi connectivity index (χ3n) is 8.78. The second-order valence-corrected chi connectivity index (χ2v) is 13.6. The van der Waals surface area contributed by atoms with Gasteiger partial charge in [-0.25, -0.2) is 8.78 Å². The molecule has 0 aliphatic heterocycles. The minimum atomic E-state index is -1.12. The van der Waals surface area contributed by atoms with Gasteiger partial charge >= 0.3 is 12.3 Å². The summed E-state index contributed by atoms with van der Waals surface area (Å²) in [5, 5.41) is 21.2. The molecule has 0 saturated carbocycles. The lowest BCUT2D eigenvalue weighted by molar-refractivity contribution is -0.193. The van der Waals surface area contributed by atoms with Crippen molar-refractivity contribution in [1.29, 1.82) is 0 Å². The number of hydrogen-bond acceptors (Lipinski definition) is 18. The average molecular weight is 927 g/mol. The molecule has 0 aliphatic rings. The number of aryl methyl sites for hydroxylation is 2. The van der Waals surface area contributed by atoms with Gasteiger partial charge in [-0.05, 0) is 44.2 Å². The highest BCUT2D eigenvalue weighted by molar-refractivity contribution is 5.85. The lowest BCUT2D eigenvalue weighted by Gasteiger charge is -2.15. The second kappa shape index (κ2) is 23.9. The van der Waals surface area contributed by atoms with Crippen LogP contribution in [0.4, 0.5) is 8.78 Å². The highest BCUT2D eigenvalue weighted by atomic mass is 18.2. The lowest BCUT2D eigenvalue weighted by Crippen LogP contribution is -2.25. The van der Waals surface area contributed by atoms with Gasteiger partial charge in [0.2, 0.25) is 0 Å². The molecule has 4 aromatic carbocycles. The number of aliphatic hydroxyl groups excluding tert-OH is 2. The topological polar surface area (TPSA) is 266 Å². The largest absolute Gasteiger partial charge is 0.491 e. The van der Waals surface area contributed by atoms with Crippen molar-refractivity contribution in [2.24, 2.45) is 0 Å². The Hall–Kier alpha value is -8.54. The van der Waals surface area contributed by atoms with E-state index in [4.69, 9.17) is 55.8 Å². The molecular weight excluding hydrogens is 889 g/mol. The maximum absolute atomic E-state index is 13.8. The van der Waals surface area contributed by atoms with Crippen LogP contribution in [-0.2, 0) is 19.2 Å². The van der Waals surface area contributed by atoms with Crippen LogP contribution in [0.1, 0.15) is 18.9 Å². The molecule has 2 N–H and O–H groups in total. The predicted molar refractivity (Wildman–Crippen MR) is 230 cm³/mol. The van der Waals surface area contributed by atoms with Crippen LogP contribution in [0, 0.1) is 25.5 Å². The van der Waals surface area contributed by atoms with Crippen molar-refractivity contribution >= 4 is 56.2 Å². The van der Waals surface area contributed by atoms with Crippen LogP contribution in [0.15, 0.2) is 134 Å². The van der Waals surface area contributed by atoms with Crippen molar-refractivity contribution in [1.82, 2.24) is 0 Å². The van der Waals surface area contributed by atoms with E-state index in [0.29, 0.717) is 33.8 Å². The summed E-state index contributed by atoms with van der Waals surface area (Å²) in [6.07, 6.45) is 0.636. The van der Waals surface area contributed by atoms with Crippen LogP contribution in [0.25, 0.3) is 43.9 Å². The molecule has 18 nitrogen and oxygen atoms in total. The zero-order valence-corrected chi connectivity index (χ0v) is 34.4. The van der Waals surface area contributed by atoms with E-state index in [1.807, 2.05) is 0 Å². The zero-order valence-electron chi connectivity index (χ0n) is 34.4. The van der Waals surface area contributed by atoms with Crippen LogP contribution in [0.3, 0.4) is 0 Å². The Morgan fingerprint density at radius 3 is 1.49 bits per heavy atom. The van der Waals surface area contributed by atoms with E-state index >= 15 is 0 Å². The first-order valence-electron chi connectivity index (χ1n) is 19.0. The number of fused-ring (bicyclic) bond motifs is 4. The number of halogens is 2. The standard InChI is InChI=1S/2C22H17FO7.2CO2.CH4/c1-12-6-18(26)16-9-15(2-3-19(16)30-12)28-10-14(24)11-29-21-8-13(23)7-20-22(21)17(25)4-5-27-20;1-12-7-16(26)22-17(3-2-4-18(22)30-12)28-10-14(24)11-29-20-9-13(23)8-19-21(20)15(25)5-6-27-19;2*2-1-3;/h2*2-9,14,24H,10-11H2,1H3;;;1H4/i2*23-1;;;. The third-order valence-corrected chi connectivity index (χ3v) is 8.78. The van der Waals surface area contributed by atoms with Gasteiger partial charge in [-0.3, -0.25) is 19.2 Å². The highest BCUT2D eigenvalue weighted by Gasteiger charge is 2.17. The number of carbonyl (C=O) groups excluding carboxylic acids is 4. The van der Waals surface area contributed by atoms with Gasteiger partial charge in [-0.2, -0.15) is 19.2 Å². The third kappa shape index (κ3) is 13.5. The Balaban J connectivity index is 0.000000258.